The number of aromatic nitrogens is 1. The average molecular weight is 356 g/mol. The van der Waals surface area contributed by atoms with Crippen LogP contribution in [-0.2, 0) is 9.47 Å². The second kappa shape index (κ2) is 10.3. The van der Waals surface area contributed by atoms with Gasteiger partial charge >= 0.3 is 0 Å². The van der Waals surface area contributed by atoms with Gasteiger partial charge in [0.2, 0.25) is 0 Å². The molecule has 1 unspecified atom stereocenters. The van der Waals surface area contributed by atoms with E-state index in [0.717, 1.165) is 31.3 Å². The lowest BCUT2D eigenvalue weighted by molar-refractivity contribution is 0.0733. The van der Waals surface area contributed by atoms with Gasteiger partial charge in [-0.1, -0.05) is 11.6 Å². The van der Waals surface area contributed by atoms with E-state index in [1.807, 2.05) is 12.1 Å². The number of methoxy groups -OCH3 is 1. The number of halogens is 1. The van der Waals surface area contributed by atoms with Crippen molar-refractivity contribution in [1.29, 1.82) is 0 Å². The van der Waals surface area contributed by atoms with E-state index >= 15 is 0 Å². The molecule has 24 heavy (non-hydrogen) atoms. The van der Waals surface area contributed by atoms with Crippen molar-refractivity contribution in [1.82, 2.24) is 15.6 Å². The molecule has 134 valence electrons. The molecule has 1 saturated heterocycles. The summed E-state index contributed by atoms with van der Waals surface area (Å²) in [6.07, 6.45) is 2.78. The lowest BCUT2D eigenvalue weighted by Crippen LogP contribution is -2.45. The molecule has 1 atom stereocenters. The number of aliphatic imine (C=N–C) groups is 1. The quantitative estimate of drug-likeness (QED) is 0.414. The molecule has 1 aliphatic rings. The second-order valence-electron chi connectivity index (χ2n) is 5.49. The summed E-state index contributed by atoms with van der Waals surface area (Å²) in [6, 6.07) is 4.02. The summed E-state index contributed by atoms with van der Waals surface area (Å²) < 4.78 is 10.4. The maximum atomic E-state index is 6.22. The summed E-state index contributed by atoms with van der Waals surface area (Å²) in [5.74, 6) is 1.63. The third-order valence-electron chi connectivity index (χ3n) is 3.76. The van der Waals surface area contributed by atoms with Crippen molar-refractivity contribution in [3.05, 3.63) is 23.4 Å². The Morgan fingerprint density at radius 1 is 1.46 bits per heavy atom. The molecule has 7 nitrogen and oxygen atoms in total. The van der Waals surface area contributed by atoms with Crippen molar-refractivity contribution >= 4 is 23.4 Å². The first-order valence-electron chi connectivity index (χ1n) is 8.14. The van der Waals surface area contributed by atoms with Gasteiger partial charge in [-0.15, -0.1) is 0 Å². The van der Waals surface area contributed by atoms with Crippen molar-refractivity contribution in [2.45, 2.75) is 12.5 Å². The third kappa shape index (κ3) is 5.81. The second-order valence-corrected chi connectivity index (χ2v) is 5.90. The van der Waals surface area contributed by atoms with Crippen LogP contribution in [0.4, 0.5) is 5.82 Å². The Morgan fingerprint density at radius 3 is 3.08 bits per heavy atom. The van der Waals surface area contributed by atoms with Crippen LogP contribution in [0.15, 0.2) is 23.3 Å². The summed E-state index contributed by atoms with van der Waals surface area (Å²) in [7, 11) is 3.43. The van der Waals surface area contributed by atoms with Crippen molar-refractivity contribution in [2.24, 2.45) is 4.99 Å². The number of pyridine rings is 1. The standard InChI is InChI=1S/C16H26ClN5O2/c1-18-16(20-7-9-24-11-10-23-2)21-13-5-8-22(12-13)15-14(17)4-3-6-19-15/h3-4,6,13H,5,7-12H2,1-2H3,(H2,18,20,21). The smallest absolute Gasteiger partial charge is 0.191 e. The molecule has 0 aliphatic carbocycles. The van der Waals surface area contributed by atoms with Crippen molar-refractivity contribution in [3.63, 3.8) is 0 Å². The minimum absolute atomic E-state index is 0.309. The monoisotopic (exact) mass is 355 g/mol. The molecule has 0 spiro atoms. The molecule has 0 bridgehead atoms. The van der Waals surface area contributed by atoms with Crippen LogP contribution in [0.2, 0.25) is 5.02 Å². The average Bonchev–Trinajstić information content (AvgIpc) is 3.05. The van der Waals surface area contributed by atoms with Gasteiger partial charge in [-0.3, -0.25) is 4.99 Å². The Labute approximate surface area is 148 Å². The maximum Gasteiger partial charge on any atom is 0.191 e. The Bertz CT molecular complexity index is 529. The SMILES string of the molecule is CN=C(NCCOCCOC)NC1CCN(c2ncccc2Cl)C1. The van der Waals surface area contributed by atoms with Gasteiger partial charge in [-0.05, 0) is 18.6 Å². The van der Waals surface area contributed by atoms with E-state index in [9.17, 15) is 0 Å². The minimum Gasteiger partial charge on any atom is -0.382 e. The fraction of sp³-hybridized carbons (Fsp3) is 0.625. The number of anilines is 1. The molecule has 0 radical (unpaired) electrons. The Morgan fingerprint density at radius 2 is 2.33 bits per heavy atom. The number of nitrogens with one attached hydrogen (secondary N) is 2. The van der Waals surface area contributed by atoms with Crippen LogP contribution >= 0.6 is 11.6 Å². The van der Waals surface area contributed by atoms with Crippen LogP contribution in [-0.4, -0.2) is 70.6 Å². The number of guanidine groups is 1. The van der Waals surface area contributed by atoms with Gasteiger partial charge < -0.3 is 25.0 Å². The Balaban J connectivity index is 1.72. The molecule has 0 amide bonds. The maximum absolute atomic E-state index is 6.22. The number of ether oxygens (including phenoxy) is 2. The molecule has 1 fully saturated rings. The molecular weight excluding hydrogens is 330 g/mol. The Kier molecular flexibility index (Phi) is 8.07. The molecule has 1 aromatic heterocycles. The van der Waals surface area contributed by atoms with E-state index < -0.39 is 0 Å². The molecule has 1 aromatic rings. The van der Waals surface area contributed by atoms with Crippen LogP contribution in [0.25, 0.3) is 0 Å². The normalized spacial score (nSPS) is 18.0. The molecule has 2 N–H and O–H groups in total. The third-order valence-corrected chi connectivity index (χ3v) is 4.06. The van der Waals surface area contributed by atoms with Crippen molar-refractivity contribution < 1.29 is 9.47 Å². The topological polar surface area (TPSA) is 71.0 Å². The van der Waals surface area contributed by atoms with Gasteiger partial charge in [0.1, 0.15) is 5.82 Å². The first kappa shape index (κ1) is 18.8. The van der Waals surface area contributed by atoms with Crippen molar-refractivity contribution in [3.8, 4) is 0 Å². The Hall–Kier alpha value is -1.57. The fourth-order valence-corrected chi connectivity index (χ4v) is 2.80. The summed E-state index contributed by atoms with van der Waals surface area (Å²) in [5, 5.41) is 7.37. The largest absolute Gasteiger partial charge is 0.382 e. The highest BCUT2D eigenvalue weighted by molar-refractivity contribution is 6.32. The van der Waals surface area contributed by atoms with E-state index in [1.54, 1.807) is 20.4 Å². The number of rotatable bonds is 8. The summed E-state index contributed by atoms with van der Waals surface area (Å²) >= 11 is 6.22. The van der Waals surface area contributed by atoms with E-state index in [-0.39, 0.29) is 0 Å². The zero-order chi connectivity index (χ0) is 17.2. The van der Waals surface area contributed by atoms with Gasteiger partial charge in [0.05, 0.1) is 24.8 Å². The van der Waals surface area contributed by atoms with Gasteiger partial charge in [-0.2, -0.15) is 0 Å². The zero-order valence-electron chi connectivity index (χ0n) is 14.3. The summed E-state index contributed by atoms with van der Waals surface area (Å²) in [6.45, 7) is 4.30. The van der Waals surface area contributed by atoms with Crippen molar-refractivity contribution in [2.75, 3.05) is 58.5 Å². The highest BCUT2D eigenvalue weighted by atomic mass is 35.5. The molecule has 8 heteroatoms. The fourth-order valence-electron chi connectivity index (χ4n) is 2.55. The number of nitrogens with zero attached hydrogens (tertiary/aromatic N) is 3. The van der Waals surface area contributed by atoms with Gasteiger partial charge in [-0.25, -0.2) is 4.98 Å². The highest BCUT2D eigenvalue weighted by Crippen LogP contribution is 2.25. The zero-order valence-corrected chi connectivity index (χ0v) is 15.1. The number of hydrogen-bond acceptors (Lipinski definition) is 5. The van der Waals surface area contributed by atoms with E-state index in [4.69, 9.17) is 21.1 Å². The highest BCUT2D eigenvalue weighted by Gasteiger charge is 2.25. The summed E-state index contributed by atoms with van der Waals surface area (Å²) in [5.41, 5.74) is 0. The summed E-state index contributed by atoms with van der Waals surface area (Å²) in [4.78, 5) is 10.8. The first-order valence-corrected chi connectivity index (χ1v) is 8.51. The first-order chi connectivity index (χ1) is 11.7. The van der Waals surface area contributed by atoms with Gasteiger partial charge in [0, 0.05) is 46.0 Å². The van der Waals surface area contributed by atoms with Crippen LogP contribution in [0.3, 0.4) is 0 Å². The lowest BCUT2D eigenvalue weighted by Gasteiger charge is -2.20. The molecule has 0 saturated carbocycles. The van der Waals surface area contributed by atoms with Crippen LogP contribution in [0.1, 0.15) is 6.42 Å². The van der Waals surface area contributed by atoms with E-state index in [0.29, 0.717) is 37.4 Å². The van der Waals surface area contributed by atoms with Crippen LogP contribution in [0, 0.1) is 0 Å². The molecule has 0 aromatic carbocycles. The molecular formula is C16H26ClN5O2. The lowest BCUT2D eigenvalue weighted by atomic mass is 10.3. The predicted octanol–water partition coefficient (Wildman–Crippen LogP) is 1.14. The van der Waals surface area contributed by atoms with E-state index in [2.05, 4.69) is 25.5 Å². The molecule has 2 heterocycles. The molecule has 1 aliphatic heterocycles. The molecule has 2 rings (SSSR count). The van der Waals surface area contributed by atoms with Gasteiger partial charge in [0.15, 0.2) is 5.96 Å². The minimum atomic E-state index is 0.309. The van der Waals surface area contributed by atoms with E-state index in [1.165, 1.54) is 0 Å². The van der Waals surface area contributed by atoms with Crippen LogP contribution in [0.5, 0.6) is 0 Å². The van der Waals surface area contributed by atoms with Crippen LogP contribution < -0.4 is 15.5 Å². The predicted molar refractivity (Wildman–Crippen MR) is 97.1 cm³/mol. The van der Waals surface area contributed by atoms with Gasteiger partial charge in [0.25, 0.3) is 0 Å². The number of hydrogen-bond donors (Lipinski definition) is 2.